The molecule has 6 heteroatoms. The minimum atomic E-state index is -0.474. The van der Waals surface area contributed by atoms with Crippen LogP contribution in [0.2, 0.25) is 0 Å². The predicted molar refractivity (Wildman–Crippen MR) is 76.5 cm³/mol. The average Bonchev–Trinajstić information content (AvgIpc) is 2.90. The summed E-state index contributed by atoms with van der Waals surface area (Å²) in [5.74, 6) is 0.826. The molecule has 0 aromatic carbocycles. The van der Waals surface area contributed by atoms with Gasteiger partial charge in [-0.1, -0.05) is 0 Å². The van der Waals surface area contributed by atoms with Gasteiger partial charge in [-0.2, -0.15) is 10.2 Å². The quantitative estimate of drug-likeness (QED) is 0.896. The first-order valence-corrected chi connectivity index (χ1v) is 6.95. The number of aliphatic hydroxyl groups excluding tert-OH is 1. The molecule has 110 valence electrons. The zero-order valence-corrected chi connectivity index (χ0v) is 12.8. The van der Waals surface area contributed by atoms with E-state index in [1.807, 2.05) is 30.3 Å². The van der Waals surface area contributed by atoms with Gasteiger partial charge in [0.25, 0.3) is 0 Å². The SMILES string of the molecule is Cc1nn(C)c(C)c1CC(O)Cc1ncnn1C(C)C. The van der Waals surface area contributed by atoms with Crippen molar-refractivity contribution in [3.63, 3.8) is 0 Å². The van der Waals surface area contributed by atoms with Crippen molar-refractivity contribution in [2.24, 2.45) is 7.05 Å². The lowest BCUT2D eigenvalue weighted by atomic mass is 10.0. The molecule has 2 heterocycles. The standard InChI is InChI=1S/C14H23N5O/c1-9(2)19-14(15-8-16-19)7-12(20)6-13-10(3)17-18(5)11(13)4/h8-9,12,20H,6-7H2,1-5H3. The number of aryl methyl sites for hydroxylation is 2. The van der Waals surface area contributed by atoms with E-state index in [1.54, 1.807) is 6.33 Å². The van der Waals surface area contributed by atoms with Crippen LogP contribution in [-0.2, 0) is 19.9 Å². The van der Waals surface area contributed by atoms with Gasteiger partial charge in [0.2, 0.25) is 0 Å². The molecule has 0 bridgehead atoms. The van der Waals surface area contributed by atoms with E-state index in [4.69, 9.17) is 0 Å². The molecule has 1 unspecified atom stereocenters. The first kappa shape index (κ1) is 14.7. The third kappa shape index (κ3) is 2.90. The minimum Gasteiger partial charge on any atom is -0.392 e. The van der Waals surface area contributed by atoms with Crippen LogP contribution in [0.15, 0.2) is 6.33 Å². The fourth-order valence-electron chi connectivity index (χ4n) is 2.48. The van der Waals surface area contributed by atoms with Gasteiger partial charge in [0.1, 0.15) is 12.2 Å². The van der Waals surface area contributed by atoms with Gasteiger partial charge in [0, 0.05) is 31.6 Å². The van der Waals surface area contributed by atoms with Crippen LogP contribution in [0.5, 0.6) is 0 Å². The molecule has 6 nitrogen and oxygen atoms in total. The first-order chi connectivity index (χ1) is 9.40. The molecule has 2 rings (SSSR count). The van der Waals surface area contributed by atoms with E-state index in [0.717, 1.165) is 22.8 Å². The van der Waals surface area contributed by atoms with E-state index in [0.29, 0.717) is 12.8 Å². The second-order valence-corrected chi connectivity index (χ2v) is 5.55. The molecular weight excluding hydrogens is 254 g/mol. The maximum Gasteiger partial charge on any atom is 0.138 e. The number of hydrogen-bond acceptors (Lipinski definition) is 4. The molecule has 1 atom stereocenters. The molecule has 0 amide bonds. The summed E-state index contributed by atoms with van der Waals surface area (Å²) in [5, 5.41) is 18.9. The number of nitrogens with zero attached hydrogens (tertiary/aromatic N) is 5. The third-order valence-corrected chi connectivity index (χ3v) is 3.65. The molecule has 0 aliphatic heterocycles. The van der Waals surface area contributed by atoms with Crippen LogP contribution >= 0.6 is 0 Å². The van der Waals surface area contributed by atoms with Gasteiger partial charge in [-0.25, -0.2) is 9.67 Å². The Kier molecular flexibility index (Phi) is 4.23. The number of aliphatic hydroxyl groups is 1. The number of aromatic nitrogens is 5. The van der Waals surface area contributed by atoms with Gasteiger partial charge in [0.05, 0.1) is 11.8 Å². The van der Waals surface area contributed by atoms with E-state index in [9.17, 15) is 5.11 Å². The Bertz CT molecular complexity index is 584. The molecule has 20 heavy (non-hydrogen) atoms. The molecule has 0 saturated carbocycles. The lowest BCUT2D eigenvalue weighted by molar-refractivity contribution is 0.170. The normalized spacial score (nSPS) is 13.2. The van der Waals surface area contributed by atoms with Gasteiger partial charge in [-0.05, 0) is 33.3 Å². The van der Waals surface area contributed by atoms with Crippen LogP contribution in [0.4, 0.5) is 0 Å². The molecular formula is C14H23N5O. The van der Waals surface area contributed by atoms with Crippen molar-refractivity contribution >= 4 is 0 Å². The smallest absolute Gasteiger partial charge is 0.138 e. The number of rotatable bonds is 5. The highest BCUT2D eigenvalue weighted by molar-refractivity contribution is 5.25. The van der Waals surface area contributed by atoms with E-state index in [-0.39, 0.29) is 6.04 Å². The molecule has 0 saturated heterocycles. The monoisotopic (exact) mass is 277 g/mol. The van der Waals surface area contributed by atoms with Gasteiger partial charge < -0.3 is 5.11 Å². The second-order valence-electron chi connectivity index (χ2n) is 5.55. The maximum absolute atomic E-state index is 10.3. The Morgan fingerprint density at radius 2 is 1.95 bits per heavy atom. The Hall–Kier alpha value is -1.69. The zero-order chi connectivity index (χ0) is 14.9. The van der Waals surface area contributed by atoms with E-state index in [2.05, 4.69) is 29.0 Å². The molecule has 1 N–H and O–H groups in total. The lowest BCUT2D eigenvalue weighted by Gasteiger charge is -2.13. The topological polar surface area (TPSA) is 68.8 Å². The fourth-order valence-corrected chi connectivity index (χ4v) is 2.48. The fraction of sp³-hybridized carbons (Fsp3) is 0.643. The summed E-state index contributed by atoms with van der Waals surface area (Å²) in [5.41, 5.74) is 3.21. The third-order valence-electron chi connectivity index (χ3n) is 3.65. The number of hydrogen-bond donors (Lipinski definition) is 1. The Labute approximate surface area is 119 Å². The summed E-state index contributed by atoms with van der Waals surface area (Å²) in [6.45, 7) is 8.12. The highest BCUT2D eigenvalue weighted by Gasteiger charge is 2.17. The predicted octanol–water partition coefficient (Wildman–Crippen LogP) is 1.36. The van der Waals surface area contributed by atoms with Crippen LogP contribution in [0.25, 0.3) is 0 Å². The molecule has 2 aromatic heterocycles. The molecule has 2 aromatic rings. The Balaban J connectivity index is 2.09. The van der Waals surface area contributed by atoms with Gasteiger partial charge in [-0.15, -0.1) is 0 Å². The second kappa shape index (κ2) is 5.75. The Morgan fingerprint density at radius 1 is 1.25 bits per heavy atom. The van der Waals surface area contributed by atoms with Crippen molar-refractivity contribution in [1.29, 1.82) is 0 Å². The van der Waals surface area contributed by atoms with Crippen LogP contribution in [0.3, 0.4) is 0 Å². The van der Waals surface area contributed by atoms with Gasteiger partial charge in [0.15, 0.2) is 0 Å². The summed E-state index contributed by atoms with van der Waals surface area (Å²) in [6.07, 6.45) is 2.17. The van der Waals surface area contributed by atoms with E-state index >= 15 is 0 Å². The van der Waals surface area contributed by atoms with Crippen molar-refractivity contribution in [2.45, 2.75) is 52.7 Å². The molecule has 0 spiro atoms. The first-order valence-electron chi connectivity index (χ1n) is 6.95. The van der Waals surface area contributed by atoms with Crippen LogP contribution < -0.4 is 0 Å². The van der Waals surface area contributed by atoms with Crippen LogP contribution in [-0.4, -0.2) is 35.8 Å². The van der Waals surface area contributed by atoms with Crippen molar-refractivity contribution in [2.75, 3.05) is 0 Å². The van der Waals surface area contributed by atoms with Crippen LogP contribution in [0.1, 0.15) is 42.7 Å². The highest BCUT2D eigenvalue weighted by atomic mass is 16.3. The lowest BCUT2D eigenvalue weighted by Crippen LogP contribution is -2.19. The van der Waals surface area contributed by atoms with Crippen molar-refractivity contribution in [1.82, 2.24) is 24.5 Å². The summed E-state index contributed by atoms with van der Waals surface area (Å²) >= 11 is 0. The zero-order valence-electron chi connectivity index (χ0n) is 12.8. The van der Waals surface area contributed by atoms with Crippen molar-refractivity contribution in [3.05, 3.63) is 29.1 Å². The van der Waals surface area contributed by atoms with E-state index < -0.39 is 6.10 Å². The average molecular weight is 277 g/mol. The molecule has 0 aliphatic rings. The summed E-state index contributed by atoms with van der Waals surface area (Å²) in [4.78, 5) is 4.24. The highest BCUT2D eigenvalue weighted by Crippen LogP contribution is 2.16. The Morgan fingerprint density at radius 3 is 2.50 bits per heavy atom. The largest absolute Gasteiger partial charge is 0.392 e. The summed E-state index contributed by atoms with van der Waals surface area (Å²) < 4.78 is 3.71. The summed E-state index contributed by atoms with van der Waals surface area (Å²) in [7, 11) is 1.92. The maximum atomic E-state index is 10.3. The molecule has 0 radical (unpaired) electrons. The van der Waals surface area contributed by atoms with Crippen LogP contribution in [0, 0.1) is 13.8 Å². The van der Waals surface area contributed by atoms with Gasteiger partial charge in [-0.3, -0.25) is 4.68 Å². The minimum absolute atomic E-state index is 0.251. The molecule has 0 fully saturated rings. The van der Waals surface area contributed by atoms with Crippen molar-refractivity contribution < 1.29 is 5.11 Å². The van der Waals surface area contributed by atoms with E-state index in [1.165, 1.54) is 0 Å². The summed E-state index contributed by atoms with van der Waals surface area (Å²) in [6, 6.07) is 0.251. The van der Waals surface area contributed by atoms with Gasteiger partial charge >= 0.3 is 0 Å². The molecule has 0 aliphatic carbocycles. The van der Waals surface area contributed by atoms with Crippen molar-refractivity contribution in [3.8, 4) is 0 Å².